The number of carbonyl (C=O) groups is 2. The van der Waals surface area contributed by atoms with Crippen LogP contribution in [0.1, 0.15) is 12.8 Å². The van der Waals surface area contributed by atoms with Crippen LogP contribution in [0.4, 0.5) is 0 Å². The van der Waals surface area contributed by atoms with Crippen LogP contribution in [0.3, 0.4) is 0 Å². The molecule has 2 rings (SSSR count). The van der Waals surface area contributed by atoms with E-state index in [0.717, 1.165) is 0 Å². The lowest BCUT2D eigenvalue weighted by Gasteiger charge is -2.20. The first-order valence-electron chi connectivity index (χ1n) is 4.36. The molecule has 1 heterocycles. The molecule has 0 saturated carbocycles. The van der Waals surface area contributed by atoms with Crippen LogP contribution in [-0.4, -0.2) is 22.9 Å². The van der Waals surface area contributed by atoms with Crippen molar-refractivity contribution in [3.8, 4) is 0 Å². The topological polar surface area (TPSA) is 86.5 Å². The van der Waals surface area contributed by atoms with Crippen molar-refractivity contribution >= 4 is 11.9 Å². The van der Waals surface area contributed by atoms with Gasteiger partial charge in [0.2, 0.25) is 6.04 Å². The summed E-state index contributed by atoms with van der Waals surface area (Å²) in [7, 11) is 0. The van der Waals surface area contributed by atoms with E-state index in [1.807, 2.05) is 0 Å². The third kappa shape index (κ3) is 1.65. The molecule has 0 spiro atoms. The van der Waals surface area contributed by atoms with Gasteiger partial charge in [0.15, 0.2) is 0 Å². The molecule has 2 aliphatic rings. The second kappa shape index (κ2) is 3.30. The molecular formula is C9H7NO5. The maximum Gasteiger partial charge on any atom is 0.342 e. The highest BCUT2D eigenvalue weighted by molar-refractivity contribution is 6.01. The molecule has 78 valence electrons. The molecule has 1 aliphatic heterocycles. The summed E-state index contributed by atoms with van der Waals surface area (Å²) in [6.07, 6.45) is 2.88. The van der Waals surface area contributed by atoms with Crippen molar-refractivity contribution in [3.05, 3.63) is 33.4 Å². The Hall–Kier alpha value is -1.98. The van der Waals surface area contributed by atoms with Gasteiger partial charge in [-0.3, -0.25) is 14.9 Å². The molecule has 0 fully saturated rings. The van der Waals surface area contributed by atoms with Crippen LogP contribution in [0.2, 0.25) is 0 Å². The number of hydrogen-bond acceptors (Lipinski definition) is 5. The van der Waals surface area contributed by atoms with Gasteiger partial charge in [0.25, 0.3) is 0 Å². The molecule has 0 aromatic heterocycles. The highest BCUT2D eigenvalue weighted by Crippen LogP contribution is 2.27. The molecule has 0 radical (unpaired) electrons. The zero-order valence-electron chi connectivity index (χ0n) is 7.63. The predicted octanol–water partition coefficient (Wildman–Crippen LogP) is 0.362. The van der Waals surface area contributed by atoms with Gasteiger partial charge in [0, 0.05) is 10.5 Å². The third-order valence-electron chi connectivity index (χ3n) is 2.38. The Labute approximate surface area is 84.4 Å². The fraction of sp³-hybridized carbons (Fsp3) is 0.333. The molecule has 15 heavy (non-hydrogen) atoms. The van der Waals surface area contributed by atoms with E-state index in [1.54, 1.807) is 0 Å². The number of allylic oxidation sites excluding steroid dienone is 1. The van der Waals surface area contributed by atoms with Gasteiger partial charge >= 0.3 is 11.9 Å². The molecule has 0 N–H and O–H groups in total. The highest BCUT2D eigenvalue weighted by atomic mass is 16.6. The van der Waals surface area contributed by atoms with Gasteiger partial charge in [-0.1, -0.05) is 6.08 Å². The fourth-order valence-electron chi connectivity index (χ4n) is 1.62. The Bertz CT molecular complexity index is 420. The van der Waals surface area contributed by atoms with Crippen molar-refractivity contribution in [1.82, 2.24) is 0 Å². The molecular weight excluding hydrogens is 202 g/mol. The molecule has 0 saturated heterocycles. The molecule has 0 aromatic rings. The van der Waals surface area contributed by atoms with Gasteiger partial charge in [0.1, 0.15) is 0 Å². The summed E-state index contributed by atoms with van der Waals surface area (Å²) in [6.45, 7) is 0. The first kappa shape index (κ1) is 9.57. The van der Waals surface area contributed by atoms with Crippen molar-refractivity contribution in [2.24, 2.45) is 0 Å². The number of esters is 2. The second-order valence-electron chi connectivity index (χ2n) is 3.36. The predicted molar refractivity (Wildman–Crippen MR) is 47.3 cm³/mol. The van der Waals surface area contributed by atoms with Crippen LogP contribution < -0.4 is 0 Å². The van der Waals surface area contributed by atoms with Crippen molar-refractivity contribution in [1.29, 1.82) is 0 Å². The van der Waals surface area contributed by atoms with Crippen LogP contribution in [-0.2, 0) is 14.3 Å². The molecule has 6 nitrogen and oxygen atoms in total. The Morgan fingerprint density at radius 2 is 2.20 bits per heavy atom. The van der Waals surface area contributed by atoms with Crippen LogP contribution in [0.25, 0.3) is 0 Å². The minimum Gasteiger partial charge on any atom is -0.389 e. The fourth-order valence-corrected chi connectivity index (χ4v) is 1.62. The Kier molecular flexibility index (Phi) is 2.11. The van der Waals surface area contributed by atoms with Crippen LogP contribution in [0.5, 0.6) is 0 Å². The maximum atomic E-state index is 11.2. The first-order chi connectivity index (χ1) is 7.08. The van der Waals surface area contributed by atoms with Crippen molar-refractivity contribution in [3.63, 3.8) is 0 Å². The molecule has 1 aliphatic carbocycles. The molecule has 0 aromatic carbocycles. The van der Waals surface area contributed by atoms with E-state index >= 15 is 0 Å². The van der Waals surface area contributed by atoms with E-state index in [2.05, 4.69) is 4.74 Å². The number of cyclic esters (lactones) is 2. The lowest BCUT2D eigenvalue weighted by Crippen LogP contribution is -2.29. The van der Waals surface area contributed by atoms with Crippen molar-refractivity contribution in [2.75, 3.05) is 0 Å². The Morgan fingerprint density at radius 1 is 1.47 bits per heavy atom. The maximum absolute atomic E-state index is 11.2. The van der Waals surface area contributed by atoms with Gasteiger partial charge in [-0.25, -0.2) is 4.79 Å². The Balaban J connectivity index is 2.30. The van der Waals surface area contributed by atoms with E-state index in [4.69, 9.17) is 0 Å². The summed E-state index contributed by atoms with van der Waals surface area (Å²) >= 11 is 0. The van der Waals surface area contributed by atoms with E-state index in [-0.39, 0.29) is 18.4 Å². The monoisotopic (exact) mass is 209 g/mol. The normalized spacial score (nSPS) is 24.9. The van der Waals surface area contributed by atoms with Crippen LogP contribution >= 0.6 is 0 Å². The summed E-state index contributed by atoms with van der Waals surface area (Å²) < 4.78 is 4.39. The highest BCUT2D eigenvalue weighted by Gasteiger charge is 2.33. The number of carbonyl (C=O) groups excluding carboxylic acids is 2. The lowest BCUT2D eigenvalue weighted by molar-refractivity contribution is -0.508. The zero-order chi connectivity index (χ0) is 11.0. The number of ether oxygens (including phenoxy) is 1. The van der Waals surface area contributed by atoms with Gasteiger partial charge in [-0.05, 0) is 11.6 Å². The summed E-state index contributed by atoms with van der Waals surface area (Å²) in [5.41, 5.74) is 0.785. The summed E-state index contributed by atoms with van der Waals surface area (Å²) in [5.74, 6) is -1.36. The number of rotatable bonds is 1. The smallest absolute Gasteiger partial charge is 0.342 e. The molecule has 0 amide bonds. The molecule has 1 unspecified atom stereocenters. The quantitative estimate of drug-likeness (QED) is 0.269. The standard InChI is InChI=1S/C9H7NO5/c11-8-3-5-1-2-6(10(13)14)4-7(5)9(12)15-8/h1-2,6H,3-4H2. The number of nitro groups is 1. The second-order valence-corrected chi connectivity index (χ2v) is 3.36. The van der Waals surface area contributed by atoms with Crippen LogP contribution in [0.15, 0.2) is 23.3 Å². The van der Waals surface area contributed by atoms with E-state index in [9.17, 15) is 19.7 Å². The summed E-state index contributed by atoms with van der Waals surface area (Å²) in [5, 5.41) is 10.5. The van der Waals surface area contributed by atoms with Gasteiger partial charge < -0.3 is 4.74 Å². The van der Waals surface area contributed by atoms with Crippen molar-refractivity contribution in [2.45, 2.75) is 18.9 Å². The van der Waals surface area contributed by atoms with Gasteiger partial charge in [0.05, 0.1) is 12.8 Å². The average molecular weight is 209 g/mol. The Morgan fingerprint density at radius 3 is 2.87 bits per heavy atom. The largest absolute Gasteiger partial charge is 0.389 e. The molecule has 1 atom stereocenters. The van der Waals surface area contributed by atoms with E-state index < -0.39 is 22.9 Å². The SMILES string of the molecule is O=C1CC2=C(CC([N+](=O)[O-])C=C2)C(=O)O1. The van der Waals surface area contributed by atoms with E-state index in [1.165, 1.54) is 12.2 Å². The lowest BCUT2D eigenvalue weighted by atomic mass is 9.91. The van der Waals surface area contributed by atoms with Gasteiger partial charge in [-0.2, -0.15) is 0 Å². The molecule has 0 bridgehead atoms. The van der Waals surface area contributed by atoms with Crippen molar-refractivity contribution < 1.29 is 19.2 Å². The van der Waals surface area contributed by atoms with Crippen LogP contribution in [0, 0.1) is 10.1 Å². The third-order valence-corrected chi connectivity index (χ3v) is 2.38. The first-order valence-corrected chi connectivity index (χ1v) is 4.36. The minimum atomic E-state index is -0.899. The zero-order valence-corrected chi connectivity index (χ0v) is 7.63. The summed E-state index contributed by atoms with van der Waals surface area (Å²) in [6, 6.07) is -0.899. The molecule has 6 heteroatoms. The average Bonchev–Trinajstić information content (AvgIpc) is 2.16. The minimum absolute atomic E-state index is 0.00491. The summed E-state index contributed by atoms with van der Waals surface area (Å²) in [4.78, 5) is 32.2. The van der Waals surface area contributed by atoms with E-state index in [0.29, 0.717) is 5.57 Å². The number of nitrogens with zero attached hydrogens (tertiary/aromatic N) is 1. The number of hydrogen-bond donors (Lipinski definition) is 0. The van der Waals surface area contributed by atoms with Gasteiger partial charge in [-0.15, -0.1) is 0 Å².